The highest BCUT2D eigenvalue weighted by Crippen LogP contribution is 2.24. The molecule has 1 amide bonds. The van der Waals surface area contributed by atoms with Crippen molar-refractivity contribution in [3.8, 4) is 0 Å². The summed E-state index contributed by atoms with van der Waals surface area (Å²) in [5.41, 5.74) is 9.48. The van der Waals surface area contributed by atoms with Gasteiger partial charge in [0, 0.05) is 17.7 Å². The molecule has 4 N–H and O–H groups in total. The van der Waals surface area contributed by atoms with E-state index >= 15 is 0 Å². The average molecular weight is 225 g/mol. The molecule has 0 spiro atoms. The monoisotopic (exact) mass is 225 g/mol. The zero-order valence-corrected chi connectivity index (χ0v) is 8.01. The summed E-state index contributed by atoms with van der Waals surface area (Å²) < 4.78 is 13.1. The second-order valence-electron chi connectivity index (χ2n) is 2.92. The van der Waals surface area contributed by atoms with Crippen LogP contribution in [0.4, 0.5) is 15.8 Å². The highest BCUT2D eigenvalue weighted by molar-refractivity contribution is 5.91. The van der Waals surface area contributed by atoms with Gasteiger partial charge in [-0.3, -0.25) is 14.9 Å². The Labute approximate surface area is 89.5 Å². The Morgan fingerprint density at radius 1 is 1.50 bits per heavy atom. The quantitative estimate of drug-likeness (QED) is 0.343. The number of amides is 1. The fourth-order valence-electron chi connectivity index (χ4n) is 1.04. The second-order valence-corrected chi connectivity index (χ2v) is 2.92. The van der Waals surface area contributed by atoms with E-state index < -0.39 is 22.3 Å². The number of anilines is 1. The van der Waals surface area contributed by atoms with Crippen LogP contribution in [0.1, 0.15) is 5.56 Å². The SMILES string of the molecule is NC(=O)C=Cc1cc([N+](=O)[O-])cc(F)c1N. The molecular weight excluding hydrogens is 217 g/mol. The van der Waals surface area contributed by atoms with E-state index in [1.54, 1.807) is 0 Å². The molecule has 0 aromatic heterocycles. The number of carbonyl (C=O) groups is 1. The number of hydrogen-bond acceptors (Lipinski definition) is 4. The minimum absolute atomic E-state index is 0.0329. The fraction of sp³-hybridized carbons (Fsp3) is 0. The summed E-state index contributed by atoms with van der Waals surface area (Å²) in [5.74, 6) is -1.68. The maximum absolute atomic E-state index is 13.1. The van der Waals surface area contributed by atoms with Crippen LogP contribution >= 0.6 is 0 Å². The zero-order valence-electron chi connectivity index (χ0n) is 8.01. The highest BCUT2D eigenvalue weighted by atomic mass is 19.1. The smallest absolute Gasteiger partial charge is 0.273 e. The Bertz CT molecular complexity index is 485. The molecular formula is C9H8FN3O3. The van der Waals surface area contributed by atoms with Crippen molar-refractivity contribution in [2.75, 3.05) is 5.73 Å². The molecule has 6 nitrogen and oxygen atoms in total. The van der Waals surface area contributed by atoms with Gasteiger partial charge in [0.15, 0.2) is 5.82 Å². The number of nitrogens with two attached hydrogens (primary N) is 2. The number of nitro groups is 1. The molecule has 0 unspecified atom stereocenters. The topological polar surface area (TPSA) is 112 Å². The fourth-order valence-corrected chi connectivity index (χ4v) is 1.04. The van der Waals surface area contributed by atoms with Gasteiger partial charge in [0.05, 0.1) is 16.7 Å². The number of rotatable bonds is 3. The van der Waals surface area contributed by atoms with Crippen LogP contribution in [0.25, 0.3) is 6.08 Å². The molecule has 0 aliphatic heterocycles. The molecule has 0 atom stereocenters. The normalized spacial score (nSPS) is 10.6. The predicted octanol–water partition coefficient (Wildman–Crippen LogP) is 0.815. The van der Waals surface area contributed by atoms with Crippen LogP contribution in [0.5, 0.6) is 0 Å². The van der Waals surface area contributed by atoms with Crippen LogP contribution in [0.2, 0.25) is 0 Å². The van der Waals surface area contributed by atoms with E-state index in [9.17, 15) is 19.3 Å². The van der Waals surface area contributed by atoms with Gasteiger partial charge in [0.1, 0.15) is 0 Å². The van der Waals surface area contributed by atoms with Crippen LogP contribution in [0.3, 0.4) is 0 Å². The van der Waals surface area contributed by atoms with Gasteiger partial charge in [-0.1, -0.05) is 0 Å². The first-order valence-electron chi connectivity index (χ1n) is 4.12. The van der Waals surface area contributed by atoms with Crippen LogP contribution in [0, 0.1) is 15.9 Å². The van der Waals surface area contributed by atoms with Gasteiger partial charge in [-0.05, 0) is 6.08 Å². The molecule has 1 rings (SSSR count). The Kier molecular flexibility index (Phi) is 3.19. The first-order chi connectivity index (χ1) is 7.41. The molecule has 0 fully saturated rings. The van der Waals surface area contributed by atoms with E-state index in [2.05, 4.69) is 0 Å². The van der Waals surface area contributed by atoms with E-state index in [1.807, 2.05) is 0 Å². The molecule has 0 aliphatic carbocycles. The van der Waals surface area contributed by atoms with Crippen molar-refractivity contribution in [3.63, 3.8) is 0 Å². The number of nitro benzene ring substituents is 1. The molecule has 0 bridgehead atoms. The predicted molar refractivity (Wildman–Crippen MR) is 55.7 cm³/mol. The maximum Gasteiger partial charge on any atom is 0.273 e. The lowest BCUT2D eigenvalue weighted by Gasteiger charge is -2.01. The van der Waals surface area contributed by atoms with Crippen molar-refractivity contribution in [2.24, 2.45) is 5.73 Å². The van der Waals surface area contributed by atoms with Crippen LogP contribution < -0.4 is 11.5 Å². The Morgan fingerprint density at radius 2 is 2.12 bits per heavy atom. The lowest BCUT2D eigenvalue weighted by Crippen LogP contribution is -2.05. The number of halogens is 1. The molecule has 84 valence electrons. The van der Waals surface area contributed by atoms with Crippen molar-refractivity contribution >= 4 is 23.4 Å². The third-order valence-corrected chi connectivity index (χ3v) is 1.78. The van der Waals surface area contributed by atoms with E-state index in [4.69, 9.17) is 11.5 Å². The number of hydrogen-bond donors (Lipinski definition) is 2. The molecule has 0 saturated heterocycles. The Balaban J connectivity index is 3.27. The average Bonchev–Trinajstić information content (AvgIpc) is 2.19. The summed E-state index contributed by atoms with van der Waals surface area (Å²) in [4.78, 5) is 20.1. The molecule has 1 aromatic carbocycles. The number of carbonyl (C=O) groups excluding carboxylic acids is 1. The van der Waals surface area contributed by atoms with Crippen molar-refractivity contribution in [2.45, 2.75) is 0 Å². The van der Waals surface area contributed by atoms with Crippen molar-refractivity contribution in [1.82, 2.24) is 0 Å². The Hall–Kier alpha value is -2.44. The van der Waals surface area contributed by atoms with Gasteiger partial charge in [-0.15, -0.1) is 0 Å². The van der Waals surface area contributed by atoms with E-state index in [0.717, 1.165) is 18.2 Å². The number of non-ortho nitro benzene ring substituents is 1. The molecule has 0 aliphatic rings. The minimum atomic E-state index is -0.918. The van der Waals surface area contributed by atoms with Crippen LogP contribution in [-0.2, 0) is 4.79 Å². The minimum Gasteiger partial charge on any atom is -0.396 e. The lowest BCUT2D eigenvalue weighted by atomic mass is 10.1. The number of nitrogen functional groups attached to an aromatic ring is 1. The highest BCUT2D eigenvalue weighted by Gasteiger charge is 2.13. The molecule has 16 heavy (non-hydrogen) atoms. The summed E-state index contributed by atoms with van der Waals surface area (Å²) in [7, 11) is 0. The van der Waals surface area contributed by atoms with Crippen molar-refractivity contribution < 1.29 is 14.1 Å². The zero-order chi connectivity index (χ0) is 12.3. The molecule has 0 saturated carbocycles. The molecule has 0 heterocycles. The van der Waals surface area contributed by atoms with Gasteiger partial charge in [0.2, 0.25) is 5.91 Å². The first-order valence-corrected chi connectivity index (χ1v) is 4.12. The molecule has 7 heteroatoms. The van der Waals surface area contributed by atoms with Crippen molar-refractivity contribution in [1.29, 1.82) is 0 Å². The standard InChI is InChI=1S/C9H8FN3O3/c10-7-4-6(13(15)16)3-5(9(7)12)1-2-8(11)14/h1-4H,12H2,(H2,11,14). The number of nitrogens with zero attached hydrogens (tertiary/aromatic N) is 1. The lowest BCUT2D eigenvalue weighted by molar-refractivity contribution is -0.385. The number of primary amides is 1. The van der Waals surface area contributed by atoms with Gasteiger partial charge in [0.25, 0.3) is 5.69 Å². The van der Waals surface area contributed by atoms with Gasteiger partial charge in [-0.25, -0.2) is 4.39 Å². The molecule has 1 aromatic rings. The Morgan fingerprint density at radius 3 is 2.62 bits per heavy atom. The van der Waals surface area contributed by atoms with Gasteiger partial charge >= 0.3 is 0 Å². The number of benzene rings is 1. The van der Waals surface area contributed by atoms with E-state index in [-0.39, 0.29) is 11.3 Å². The largest absolute Gasteiger partial charge is 0.396 e. The van der Waals surface area contributed by atoms with Crippen molar-refractivity contribution in [3.05, 3.63) is 39.7 Å². The van der Waals surface area contributed by atoms with Crippen LogP contribution in [-0.4, -0.2) is 10.8 Å². The second kappa shape index (κ2) is 4.39. The van der Waals surface area contributed by atoms with Gasteiger partial charge in [-0.2, -0.15) is 0 Å². The summed E-state index contributed by atoms with van der Waals surface area (Å²) in [6.07, 6.45) is 2.06. The summed E-state index contributed by atoms with van der Waals surface area (Å²) in [5, 5.41) is 10.4. The summed E-state index contributed by atoms with van der Waals surface area (Å²) >= 11 is 0. The summed E-state index contributed by atoms with van der Waals surface area (Å²) in [6.45, 7) is 0. The van der Waals surface area contributed by atoms with E-state index in [1.165, 1.54) is 0 Å². The van der Waals surface area contributed by atoms with Crippen LogP contribution in [0.15, 0.2) is 18.2 Å². The summed E-state index contributed by atoms with van der Waals surface area (Å²) in [6, 6.07) is 1.76. The molecule has 0 radical (unpaired) electrons. The van der Waals surface area contributed by atoms with Gasteiger partial charge < -0.3 is 11.5 Å². The van der Waals surface area contributed by atoms with E-state index in [0.29, 0.717) is 6.07 Å². The third-order valence-electron chi connectivity index (χ3n) is 1.78. The third kappa shape index (κ3) is 2.53. The maximum atomic E-state index is 13.1. The first kappa shape index (κ1) is 11.6.